The van der Waals surface area contributed by atoms with Crippen LogP contribution in [-0.4, -0.2) is 16.5 Å². The van der Waals surface area contributed by atoms with Crippen LogP contribution in [0.4, 0.5) is 21.8 Å². The van der Waals surface area contributed by atoms with Gasteiger partial charge in [0, 0.05) is 23.5 Å². The fourth-order valence-corrected chi connectivity index (χ4v) is 4.09. The number of anilines is 3. The van der Waals surface area contributed by atoms with Crippen LogP contribution in [-0.2, 0) is 6.42 Å². The summed E-state index contributed by atoms with van der Waals surface area (Å²) in [4.78, 5) is 12.0. The molecule has 1 N–H and O–H groups in total. The average molecular weight is 391 g/mol. The topological polar surface area (TPSA) is 41.1 Å². The van der Waals surface area contributed by atoms with E-state index in [9.17, 15) is 4.39 Å². The van der Waals surface area contributed by atoms with Crippen molar-refractivity contribution < 1.29 is 4.39 Å². The van der Waals surface area contributed by atoms with Gasteiger partial charge < -0.3 is 10.2 Å². The molecule has 0 spiro atoms. The maximum atomic E-state index is 13.5. The van der Waals surface area contributed by atoms with Gasteiger partial charge in [0.2, 0.25) is 5.95 Å². The molecule has 0 amide bonds. The molecule has 29 heavy (non-hydrogen) atoms. The van der Waals surface area contributed by atoms with Gasteiger partial charge in [-0.15, -0.1) is 0 Å². The van der Waals surface area contributed by atoms with Gasteiger partial charge in [0.25, 0.3) is 0 Å². The van der Waals surface area contributed by atoms with E-state index >= 15 is 0 Å². The molecule has 1 aliphatic heterocycles. The normalized spacial score (nSPS) is 15.9. The summed E-state index contributed by atoms with van der Waals surface area (Å²) in [6, 6.07) is 13.7. The second-order valence-electron chi connectivity index (χ2n) is 7.73. The highest BCUT2D eigenvalue weighted by molar-refractivity contribution is 5.64. The number of aryl methyl sites for hydroxylation is 2. The molecular formula is C24H27FN4. The zero-order valence-electron chi connectivity index (χ0n) is 17.5. The minimum Gasteiger partial charge on any atom is -0.340 e. The third-order valence-electron chi connectivity index (χ3n) is 5.87. The fraction of sp³-hybridized carbons (Fsp3) is 0.333. The Balaban J connectivity index is 1.72. The Bertz CT molecular complexity index is 1050. The standard InChI is InChI=1S/C24H27FN4/c1-5-22-20-9-7-6-8-18(20)12-13-29(22)24-26-17(4)16(3)23(28-24)27-21-11-10-19(25)14-15(21)2/h6-11,14,22H,5,12-13H2,1-4H3,(H,26,27,28)/t22-/m1/s1. The van der Waals surface area contributed by atoms with Crippen molar-refractivity contribution in [2.45, 2.75) is 46.6 Å². The van der Waals surface area contributed by atoms with Crippen LogP contribution in [0.2, 0.25) is 0 Å². The van der Waals surface area contributed by atoms with Crippen molar-refractivity contribution in [2.24, 2.45) is 0 Å². The lowest BCUT2D eigenvalue weighted by molar-refractivity contribution is 0.554. The smallest absolute Gasteiger partial charge is 0.228 e. The molecule has 0 fully saturated rings. The summed E-state index contributed by atoms with van der Waals surface area (Å²) in [7, 11) is 0. The van der Waals surface area contributed by atoms with Crippen LogP contribution >= 0.6 is 0 Å². The van der Waals surface area contributed by atoms with Gasteiger partial charge in [-0.2, -0.15) is 4.98 Å². The molecule has 1 atom stereocenters. The second kappa shape index (κ2) is 7.82. The van der Waals surface area contributed by atoms with Gasteiger partial charge in [-0.1, -0.05) is 31.2 Å². The molecule has 1 aromatic heterocycles. The summed E-state index contributed by atoms with van der Waals surface area (Å²) in [6.45, 7) is 9.03. The largest absolute Gasteiger partial charge is 0.340 e. The Hall–Kier alpha value is -2.95. The van der Waals surface area contributed by atoms with Gasteiger partial charge >= 0.3 is 0 Å². The Morgan fingerprint density at radius 2 is 1.90 bits per heavy atom. The molecule has 0 unspecified atom stereocenters. The molecule has 3 aromatic rings. The molecule has 0 saturated heterocycles. The van der Waals surface area contributed by atoms with E-state index in [4.69, 9.17) is 9.97 Å². The summed E-state index contributed by atoms with van der Waals surface area (Å²) in [5.74, 6) is 1.29. The maximum absolute atomic E-state index is 13.5. The lowest BCUT2D eigenvalue weighted by Crippen LogP contribution is -2.36. The van der Waals surface area contributed by atoms with E-state index in [2.05, 4.69) is 41.4 Å². The van der Waals surface area contributed by atoms with Crippen LogP contribution in [0.15, 0.2) is 42.5 Å². The molecule has 4 nitrogen and oxygen atoms in total. The number of aromatic nitrogens is 2. The van der Waals surface area contributed by atoms with E-state index in [0.29, 0.717) is 0 Å². The lowest BCUT2D eigenvalue weighted by atomic mass is 9.91. The summed E-state index contributed by atoms with van der Waals surface area (Å²) >= 11 is 0. The van der Waals surface area contributed by atoms with Crippen molar-refractivity contribution in [2.75, 3.05) is 16.8 Å². The molecule has 0 aliphatic carbocycles. The number of hydrogen-bond acceptors (Lipinski definition) is 4. The maximum Gasteiger partial charge on any atom is 0.228 e. The van der Waals surface area contributed by atoms with Crippen LogP contribution < -0.4 is 10.2 Å². The number of halogens is 1. The zero-order chi connectivity index (χ0) is 20.5. The van der Waals surface area contributed by atoms with E-state index in [1.54, 1.807) is 6.07 Å². The van der Waals surface area contributed by atoms with Crippen LogP contribution in [0, 0.1) is 26.6 Å². The Morgan fingerprint density at radius 1 is 1.10 bits per heavy atom. The van der Waals surface area contributed by atoms with Crippen LogP contribution in [0.1, 0.15) is 47.3 Å². The van der Waals surface area contributed by atoms with E-state index in [1.165, 1.54) is 23.3 Å². The predicted molar refractivity (Wildman–Crippen MR) is 116 cm³/mol. The van der Waals surface area contributed by atoms with Crippen molar-refractivity contribution >= 4 is 17.5 Å². The van der Waals surface area contributed by atoms with Gasteiger partial charge in [0.1, 0.15) is 11.6 Å². The van der Waals surface area contributed by atoms with E-state index in [-0.39, 0.29) is 11.9 Å². The van der Waals surface area contributed by atoms with E-state index < -0.39 is 0 Å². The van der Waals surface area contributed by atoms with Crippen molar-refractivity contribution in [1.82, 2.24) is 9.97 Å². The first-order valence-corrected chi connectivity index (χ1v) is 10.2. The van der Waals surface area contributed by atoms with Crippen molar-refractivity contribution in [3.63, 3.8) is 0 Å². The SMILES string of the molecule is CC[C@@H]1c2ccccc2CCN1c1nc(C)c(C)c(Nc2ccc(F)cc2C)n1. The monoisotopic (exact) mass is 390 g/mol. The van der Waals surface area contributed by atoms with E-state index in [0.717, 1.165) is 53.7 Å². The highest BCUT2D eigenvalue weighted by atomic mass is 19.1. The van der Waals surface area contributed by atoms with Crippen LogP contribution in [0.25, 0.3) is 0 Å². The first-order chi connectivity index (χ1) is 14.0. The third kappa shape index (κ3) is 3.69. The average Bonchev–Trinajstić information content (AvgIpc) is 2.72. The highest BCUT2D eigenvalue weighted by Gasteiger charge is 2.28. The first kappa shape index (κ1) is 19.4. The Kier molecular flexibility index (Phi) is 5.22. The number of nitrogens with zero attached hydrogens (tertiary/aromatic N) is 3. The van der Waals surface area contributed by atoms with Gasteiger partial charge in [-0.3, -0.25) is 0 Å². The van der Waals surface area contributed by atoms with Crippen molar-refractivity contribution in [3.05, 3.63) is 76.2 Å². The molecule has 1 aliphatic rings. The molecule has 150 valence electrons. The minimum atomic E-state index is -0.234. The highest BCUT2D eigenvalue weighted by Crippen LogP contribution is 2.35. The van der Waals surface area contributed by atoms with Gasteiger partial charge in [0.15, 0.2) is 0 Å². The molecule has 5 heteroatoms. The number of fused-ring (bicyclic) bond motifs is 1. The summed E-state index contributed by atoms with van der Waals surface area (Å²) < 4.78 is 13.5. The first-order valence-electron chi connectivity index (χ1n) is 10.2. The lowest BCUT2D eigenvalue weighted by Gasteiger charge is -2.37. The molecule has 2 heterocycles. The second-order valence-corrected chi connectivity index (χ2v) is 7.73. The molecule has 2 aromatic carbocycles. The van der Waals surface area contributed by atoms with Crippen molar-refractivity contribution in [1.29, 1.82) is 0 Å². The minimum absolute atomic E-state index is 0.234. The summed E-state index contributed by atoms with van der Waals surface area (Å²) in [6.07, 6.45) is 1.98. The molecule has 0 radical (unpaired) electrons. The third-order valence-corrected chi connectivity index (χ3v) is 5.87. The van der Waals surface area contributed by atoms with Gasteiger partial charge in [-0.25, -0.2) is 9.37 Å². The Labute approximate surface area is 171 Å². The molecule has 0 bridgehead atoms. The van der Waals surface area contributed by atoms with Gasteiger partial charge in [0.05, 0.1) is 6.04 Å². The number of nitrogens with one attached hydrogen (secondary N) is 1. The summed E-state index contributed by atoms with van der Waals surface area (Å²) in [5, 5.41) is 3.40. The number of hydrogen-bond donors (Lipinski definition) is 1. The summed E-state index contributed by atoms with van der Waals surface area (Å²) in [5.41, 5.74) is 6.44. The van der Waals surface area contributed by atoms with E-state index in [1.807, 2.05) is 20.8 Å². The van der Waals surface area contributed by atoms with Crippen LogP contribution in [0.5, 0.6) is 0 Å². The predicted octanol–water partition coefficient (Wildman–Crippen LogP) is 5.80. The quantitative estimate of drug-likeness (QED) is 0.611. The fourth-order valence-electron chi connectivity index (χ4n) is 4.09. The molecule has 4 rings (SSSR count). The van der Waals surface area contributed by atoms with Crippen molar-refractivity contribution in [3.8, 4) is 0 Å². The van der Waals surface area contributed by atoms with Gasteiger partial charge in [-0.05, 0) is 68.5 Å². The number of benzene rings is 2. The molecular weight excluding hydrogens is 363 g/mol. The zero-order valence-corrected chi connectivity index (χ0v) is 17.5. The molecule has 0 saturated carbocycles. The Morgan fingerprint density at radius 3 is 2.66 bits per heavy atom. The number of rotatable bonds is 4. The van der Waals surface area contributed by atoms with Crippen LogP contribution in [0.3, 0.4) is 0 Å².